The fourth-order valence-corrected chi connectivity index (χ4v) is 1.79. The van der Waals surface area contributed by atoms with Gasteiger partial charge in [0, 0.05) is 5.56 Å². The second kappa shape index (κ2) is 6.10. The van der Waals surface area contributed by atoms with Crippen LogP contribution in [-0.4, -0.2) is 12.0 Å². The third-order valence-electron chi connectivity index (χ3n) is 3.03. The van der Waals surface area contributed by atoms with Gasteiger partial charge in [-0.15, -0.1) is 0 Å². The zero-order chi connectivity index (χ0) is 13.7. The molecule has 1 unspecified atom stereocenters. The van der Waals surface area contributed by atoms with Crippen LogP contribution >= 0.6 is 0 Å². The van der Waals surface area contributed by atoms with Crippen LogP contribution in [0.5, 0.6) is 0 Å². The van der Waals surface area contributed by atoms with Crippen molar-refractivity contribution in [1.29, 1.82) is 0 Å². The minimum Gasteiger partial charge on any atom is -0.288 e. The van der Waals surface area contributed by atoms with Gasteiger partial charge in [0.15, 0.2) is 0 Å². The third kappa shape index (κ3) is 3.62. The first-order valence-corrected chi connectivity index (χ1v) is 6.36. The van der Waals surface area contributed by atoms with Crippen molar-refractivity contribution in [2.45, 2.75) is 19.9 Å². The number of nitrogens with zero attached hydrogens (tertiary/aromatic N) is 1. The van der Waals surface area contributed by atoms with Crippen molar-refractivity contribution in [3.8, 4) is 0 Å². The van der Waals surface area contributed by atoms with Gasteiger partial charge in [-0.25, -0.2) is 0 Å². The summed E-state index contributed by atoms with van der Waals surface area (Å²) in [6.45, 7) is 3.98. The standard InChI is InChI=1S/C17H17NO/c1-13-8-10-16(11-9-13)17(19)12-18-14(2)15-6-4-3-5-7-15/h3-12,14H,1-2H3. The monoisotopic (exact) mass is 251 g/mol. The Morgan fingerprint density at radius 2 is 1.68 bits per heavy atom. The van der Waals surface area contributed by atoms with Crippen molar-refractivity contribution in [3.63, 3.8) is 0 Å². The number of ketones is 1. The van der Waals surface area contributed by atoms with Gasteiger partial charge in [-0.3, -0.25) is 9.79 Å². The Bertz CT molecular complexity index is 570. The van der Waals surface area contributed by atoms with Gasteiger partial charge in [-0.2, -0.15) is 0 Å². The molecule has 2 aromatic rings. The highest BCUT2D eigenvalue weighted by molar-refractivity contribution is 6.35. The summed E-state index contributed by atoms with van der Waals surface area (Å²) in [5, 5.41) is 0. The second-order valence-corrected chi connectivity index (χ2v) is 4.60. The molecule has 2 nitrogen and oxygen atoms in total. The fraction of sp³-hybridized carbons (Fsp3) is 0.176. The minimum absolute atomic E-state index is 0.00408. The minimum atomic E-state index is -0.0530. The molecule has 0 heterocycles. The summed E-state index contributed by atoms with van der Waals surface area (Å²) < 4.78 is 0. The zero-order valence-electron chi connectivity index (χ0n) is 11.2. The van der Waals surface area contributed by atoms with Crippen LogP contribution in [0.1, 0.15) is 34.5 Å². The molecule has 96 valence electrons. The topological polar surface area (TPSA) is 29.4 Å². The number of aliphatic imine (C=N–C) groups is 1. The van der Waals surface area contributed by atoms with Gasteiger partial charge in [0.2, 0.25) is 5.78 Å². The summed E-state index contributed by atoms with van der Waals surface area (Å²) in [6, 6.07) is 17.5. The fourth-order valence-electron chi connectivity index (χ4n) is 1.79. The molecule has 0 saturated carbocycles. The number of carbonyl (C=O) groups excluding carboxylic acids is 1. The molecule has 0 fully saturated rings. The zero-order valence-corrected chi connectivity index (χ0v) is 11.2. The molecule has 0 aliphatic rings. The van der Waals surface area contributed by atoms with E-state index in [1.807, 2.05) is 68.4 Å². The molecule has 2 rings (SSSR count). The van der Waals surface area contributed by atoms with E-state index in [1.165, 1.54) is 6.21 Å². The molecule has 19 heavy (non-hydrogen) atoms. The van der Waals surface area contributed by atoms with Gasteiger partial charge in [-0.05, 0) is 19.4 Å². The average Bonchev–Trinajstić information content (AvgIpc) is 2.46. The lowest BCUT2D eigenvalue weighted by Gasteiger charge is -2.05. The first kappa shape index (κ1) is 13.2. The molecule has 1 atom stereocenters. The number of aryl methyl sites for hydroxylation is 1. The van der Waals surface area contributed by atoms with E-state index >= 15 is 0 Å². The largest absolute Gasteiger partial charge is 0.288 e. The third-order valence-corrected chi connectivity index (χ3v) is 3.03. The maximum absolute atomic E-state index is 11.9. The lowest BCUT2D eigenvalue weighted by Crippen LogP contribution is -2.01. The summed E-state index contributed by atoms with van der Waals surface area (Å²) >= 11 is 0. The van der Waals surface area contributed by atoms with Crippen molar-refractivity contribution < 1.29 is 4.79 Å². The Balaban J connectivity index is 2.06. The molecule has 0 saturated heterocycles. The normalized spacial score (nSPS) is 12.5. The van der Waals surface area contributed by atoms with Gasteiger partial charge in [0.05, 0.1) is 12.3 Å². The van der Waals surface area contributed by atoms with Crippen molar-refractivity contribution in [2.75, 3.05) is 0 Å². The molecular formula is C17H17NO. The molecule has 0 radical (unpaired) electrons. The molecule has 2 aromatic carbocycles. The van der Waals surface area contributed by atoms with Gasteiger partial charge in [0.25, 0.3) is 0 Å². The van der Waals surface area contributed by atoms with E-state index in [0.717, 1.165) is 11.1 Å². The lowest BCUT2D eigenvalue weighted by molar-refractivity contribution is 0.107. The molecular weight excluding hydrogens is 234 g/mol. The predicted octanol–water partition coefficient (Wildman–Crippen LogP) is 4.01. The van der Waals surface area contributed by atoms with Crippen LogP contribution < -0.4 is 0 Å². The maximum Gasteiger partial charge on any atom is 0.203 e. The summed E-state index contributed by atoms with van der Waals surface area (Å²) in [6.07, 6.45) is 1.42. The summed E-state index contributed by atoms with van der Waals surface area (Å²) in [4.78, 5) is 16.3. The number of benzene rings is 2. The number of hydrogen-bond donors (Lipinski definition) is 0. The number of rotatable bonds is 4. The predicted molar refractivity (Wildman–Crippen MR) is 78.9 cm³/mol. The van der Waals surface area contributed by atoms with Crippen LogP contribution in [0.25, 0.3) is 0 Å². The Hall–Kier alpha value is -2.22. The van der Waals surface area contributed by atoms with Crippen molar-refractivity contribution in [1.82, 2.24) is 0 Å². The first-order valence-electron chi connectivity index (χ1n) is 6.36. The van der Waals surface area contributed by atoms with Crippen molar-refractivity contribution in [3.05, 3.63) is 71.3 Å². The number of carbonyl (C=O) groups is 1. The summed E-state index contributed by atoms with van der Waals surface area (Å²) in [5.41, 5.74) is 2.93. The van der Waals surface area contributed by atoms with Crippen LogP contribution in [0.4, 0.5) is 0 Å². The molecule has 0 aliphatic carbocycles. The van der Waals surface area contributed by atoms with E-state index in [-0.39, 0.29) is 11.8 Å². The first-order chi connectivity index (χ1) is 9.16. The highest BCUT2D eigenvalue weighted by Crippen LogP contribution is 2.15. The number of hydrogen-bond acceptors (Lipinski definition) is 2. The van der Waals surface area contributed by atoms with E-state index in [1.54, 1.807) is 0 Å². The van der Waals surface area contributed by atoms with Gasteiger partial charge >= 0.3 is 0 Å². The summed E-state index contributed by atoms with van der Waals surface area (Å²) in [5.74, 6) is -0.0530. The van der Waals surface area contributed by atoms with Crippen molar-refractivity contribution in [2.24, 2.45) is 4.99 Å². The summed E-state index contributed by atoms with van der Waals surface area (Å²) in [7, 11) is 0. The molecule has 0 amide bonds. The van der Waals surface area contributed by atoms with E-state index in [4.69, 9.17) is 0 Å². The van der Waals surface area contributed by atoms with E-state index in [2.05, 4.69) is 4.99 Å². The number of Topliss-reactive ketones (excluding diaryl/α,β-unsaturated/α-hetero) is 1. The Morgan fingerprint density at radius 1 is 1.05 bits per heavy atom. The Labute approximate surface area is 113 Å². The maximum atomic E-state index is 11.9. The van der Waals surface area contributed by atoms with Gasteiger partial charge in [-0.1, -0.05) is 60.2 Å². The smallest absolute Gasteiger partial charge is 0.203 e. The second-order valence-electron chi connectivity index (χ2n) is 4.60. The molecule has 0 N–H and O–H groups in total. The molecule has 0 spiro atoms. The average molecular weight is 251 g/mol. The van der Waals surface area contributed by atoms with Crippen LogP contribution in [0.2, 0.25) is 0 Å². The van der Waals surface area contributed by atoms with Gasteiger partial charge in [0.1, 0.15) is 0 Å². The van der Waals surface area contributed by atoms with E-state index in [9.17, 15) is 4.79 Å². The van der Waals surface area contributed by atoms with E-state index in [0.29, 0.717) is 5.56 Å². The van der Waals surface area contributed by atoms with Crippen molar-refractivity contribution >= 4 is 12.0 Å². The van der Waals surface area contributed by atoms with E-state index < -0.39 is 0 Å². The molecule has 0 aromatic heterocycles. The van der Waals surface area contributed by atoms with Crippen LogP contribution in [-0.2, 0) is 0 Å². The molecule has 2 heteroatoms. The highest BCUT2D eigenvalue weighted by Gasteiger charge is 2.04. The quantitative estimate of drug-likeness (QED) is 0.596. The van der Waals surface area contributed by atoms with Gasteiger partial charge < -0.3 is 0 Å². The Kier molecular flexibility index (Phi) is 4.24. The molecule has 0 aliphatic heterocycles. The van der Waals surface area contributed by atoms with Crippen LogP contribution in [0.3, 0.4) is 0 Å². The Morgan fingerprint density at radius 3 is 2.32 bits per heavy atom. The molecule has 0 bridgehead atoms. The van der Waals surface area contributed by atoms with Crippen LogP contribution in [0.15, 0.2) is 59.6 Å². The highest BCUT2D eigenvalue weighted by atomic mass is 16.1. The van der Waals surface area contributed by atoms with Crippen LogP contribution in [0, 0.1) is 6.92 Å². The SMILES string of the molecule is Cc1ccc(C(=O)C=NC(C)c2ccccc2)cc1. The lowest BCUT2D eigenvalue weighted by atomic mass is 10.1.